The summed E-state index contributed by atoms with van der Waals surface area (Å²) in [6, 6.07) is 6.11. The number of methoxy groups -OCH3 is 2. The maximum Gasteiger partial charge on any atom is 0.310 e. The normalized spacial score (nSPS) is 15.8. The minimum Gasteiger partial charge on any atom is -0.469 e. The topological polar surface area (TPSA) is 139 Å². The van der Waals surface area contributed by atoms with Crippen LogP contribution in [0.3, 0.4) is 0 Å². The van der Waals surface area contributed by atoms with E-state index in [1.54, 1.807) is 0 Å². The van der Waals surface area contributed by atoms with Crippen molar-refractivity contribution in [3.05, 3.63) is 75.4 Å². The van der Waals surface area contributed by atoms with Gasteiger partial charge in [-0.3, -0.25) is 19.4 Å². The molecule has 5 heterocycles. The van der Waals surface area contributed by atoms with Crippen molar-refractivity contribution in [2.24, 2.45) is 0 Å². The van der Waals surface area contributed by atoms with Crippen LogP contribution in [0.2, 0.25) is 0 Å². The molecule has 0 saturated carbocycles. The highest BCUT2D eigenvalue weighted by atomic mass is 16.5. The first kappa shape index (κ1) is 34.3. The minimum atomic E-state index is -0.485. The van der Waals surface area contributed by atoms with Gasteiger partial charge in [0, 0.05) is 63.7 Å². The molecule has 0 spiro atoms. The molecule has 0 saturated heterocycles. The Kier molecular flexibility index (Phi) is 10.0. The van der Waals surface area contributed by atoms with E-state index in [4.69, 9.17) is 19.4 Å². The Morgan fingerprint density at radius 2 is 1.60 bits per heavy atom. The number of likely N-dealkylation sites (N-methyl/N-ethyl adjacent to an activating group) is 1. The molecular weight excluding hydrogens is 606 g/mol. The Balaban J connectivity index is 2.02. The SMILES string of the molecule is C=Cc1c(C)c2cc3nc(c(CC(=O)OC)c4nc(cc5[nH]c(cc1[nH]2)c(C)c5CC)C(C)=C4C(=O)NCC)C(CCC(=O)OC)C3C. The summed E-state index contributed by atoms with van der Waals surface area (Å²) in [4.78, 5) is 56.7. The minimum absolute atomic E-state index is 0.134. The third-order valence-corrected chi connectivity index (χ3v) is 9.73. The summed E-state index contributed by atoms with van der Waals surface area (Å²) < 4.78 is 10.2. The van der Waals surface area contributed by atoms with Crippen LogP contribution in [0, 0.1) is 13.8 Å². The van der Waals surface area contributed by atoms with Gasteiger partial charge in [-0.25, -0.2) is 4.98 Å². The van der Waals surface area contributed by atoms with Gasteiger partial charge in [0.2, 0.25) is 0 Å². The van der Waals surface area contributed by atoms with Crippen LogP contribution in [-0.4, -0.2) is 58.5 Å². The first-order valence-electron chi connectivity index (χ1n) is 16.5. The van der Waals surface area contributed by atoms with Gasteiger partial charge in [-0.1, -0.05) is 26.5 Å². The van der Waals surface area contributed by atoms with Crippen LogP contribution in [0.5, 0.6) is 0 Å². The first-order chi connectivity index (χ1) is 23.0. The Hall–Kier alpha value is -4.99. The van der Waals surface area contributed by atoms with Crippen LogP contribution in [-0.2, 0) is 36.7 Å². The van der Waals surface area contributed by atoms with Crippen molar-refractivity contribution >= 4 is 57.1 Å². The van der Waals surface area contributed by atoms with Gasteiger partial charge in [-0.15, -0.1) is 0 Å². The summed E-state index contributed by atoms with van der Waals surface area (Å²) in [7, 11) is 2.70. The molecule has 0 fully saturated rings. The number of aromatic amines is 2. The summed E-state index contributed by atoms with van der Waals surface area (Å²) >= 11 is 0. The average Bonchev–Trinajstić information content (AvgIpc) is 3.75. The number of aryl methyl sites for hydroxylation is 3. The third kappa shape index (κ3) is 6.19. The van der Waals surface area contributed by atoms with Crippen molar-refractivity contribution < 1.29 is 23.9 Å². The molecule has 0 aliphatic carbocycles. The standard InChI is InChI=1S/C38H45N5O5/c1-10-23-19(4)27-16-29-21(6)25(13-14-33(44)47-8)36(42-29)26(15-34(45)48-9)37-35(38(46)39-12-3)22(7)30(43-37)18-32-24(11-2)20(5)28(41-32)17-31(23)40-27/h10,16-18,21,25,40-41H,1,11-15H2,2-9H3,(H,39,46). The average molecular weight is 652 g/mol. The number of H-pyrrole nitrogens is 2. The number of carbonyl (C=O) groups excluding carboxylic acids is 3. The predicted octanol–water partition coefficient (Wildman–Crippen LogP) is 6.76. The molecule has 5 rings (SSSR count). The lowest BCUT2D eigenvalue weighted by Gasteiger charge is -2.18. The van der Waals surface area contributed by atoms with Crippen LogP contribution < -0.4 is 5.32 Å². The van der Waals surface area contributed by atoms with Crippen molar-refractivity contribution in [1.29, 1.82) is 0 Å². The van der Waals surface area contributed by atoms with Gasteiger partial charge in [-0.05, 0) is 81.0 Å². The van der Waals surface area contributed by atoms with E-state index in [0.717, 1.165) is 56.4 Å². The molecule has 3 N–H and O–H groups in total. The fourth-order valence-electron chi connectivity index (χ4n) is 6.95. The van der Waals surface area contributed by atoms with E-state index in [1.807, 2.05) is 39.0 Å². The zero-order valence-electron chi connectivity index (χ0n) is 29.1. The number of fused-ring (bicyclic) bond motifs is 8. The van der Waals surface area contributed by atoms with Crippen molar-refractivity contribution in [3.8, 4) is 0 Å². The van der Waals surface area contributed by atoms with Crippen molar-refractivity contribution in [1.82, 2.24) is 25.3 Å². The summed E-state index contributed by atoms with van der Waals surface area (Å²) in [5.74, 6) is -1.51. The monoisotopic (exact) mass is 651 g/mol. The molecule has 48 heavy (non-hydrogen) atoms. The number of carbonyl (C=O) groups is 3. The lowest BCUT2D eigenvalue weighted by atomic mass is 9.84. The number of rotatable bonds is 9. The van der Waals surface area contributed by atoms with Crippen LogP contribution in [0.1, 0.15) is 103 Å². The maximum absolute atomic E-state index is 13.8. The Morgan fingerprint density at radius 1 is 0.917 bits per heavy atom. The van der Waals surface area contributed by atoms with E-state index in [-0.39, 0.29) is 36.6 Å². The number of amides is 1. The van der Waals surface area contributed by atoms with Gasteiger partial charge in [0.25, 0.3) is 5.91 Å². The molecule has 0 aromatic carbocycles. The molecule has 10 heteroatoms. The molecule has 10 nitrogen and oxygen atoms in total. The Labute approximate surface area is 281 Å². The lowest BCUT2D eigenvalue weighted by molar-refractivity contribution is -0.141. The quantitative estimate of drug-likeness (QED) is 0.217. The van der Waals surface area contributed by atoms with E-state index >= 15 is 0 Å². The molecule has 1 amide bonds. The highest BCUT2D eigenvalue weighted by Gasteiger charge is 2.35. The summed E-state index contributed by atoms with van der Waals surface area (Å²) in [6.07, 6.45) is 3.07. The van der Waals surface area contributed by atoms with Crippen molar-refractivity contribution in [2.45, 2.75) is 79.1 Å². The van der Waals surface area contributed by atoms with E-state index in [9.17, 15) is 14.4 Å². The van der Waals surface area contributed by atoms with Crippen LogP contribution in [0.25, 0.3) is 39.3 Å². The molecule has 0 radical (unpaired) electrons. The predicted molar refractivity (Wildman–Crippen MR) is 189 cm³/mol. The molecular formula is C38H45N5O5. The van der Waals surface area contributed by atoms with Crippen LogP contribution >= 0.6 is 0 Å². The maximum atomic E-state index is 13.8. The van der Waals surface area contributed by atoms with Crippen LogP contribution in [0.4, 0.5) is 0 Å². The lowest BCUT2D eigenvalue weighted by Crippen LogP contribution is -2.24. The number of nitrogens with zero attached hydrogens (tertiary/aromatic N) is 2. The van der Waals surface area contributed by atoms with Crippen LogP contribution in [0.15, 0.2) is 24.8 Å². The molecule has 3 aromatic heterocycles. The van der Waals surface area contributed by atoms with E-state index < -0.39 is 5.97 Å². The molecule has 3 aromatic rings. The number of hydrogen-bond acceptors (Lipinski definition) is 7. The van der Waals surface area contributed by atoms with Gasteiger partial charge >= 0.3 is 11.9 Å². The van der Waals surface area contributed by atoms with E-state index in [2.05, 4.69) is 48.7 Å². The van der Waals surface area contributed by atoms with Gasteiger partial charge in [-0.2, -0.15) is 0 Å². The molecule has 252 valence electrons. The van der Waals surface area contributed by atoms with Gasteiger partial charge in [0.05, 0.1) is 43.3 Å². The number of allylic oxidation sites excluding steroid dienone is 1. The van der Waals surface area contributed by atoms with Crippen molar-refractivity contribution in [3.63, 3.8) is 0 Å². The molecule has 2 atom stereocenters. The first-order valence-corrected chi connectivity index (χ1v) is 16.5. The third-order valence-electron chi connectivity index (χ3n) is 9.73. The fraction of sp³-hybridized carbons (Fsp3) is 0.395. The number of hydrogen-bond donors (Lipinski definition) is 3. The second-order valence-corrected chi connectivity index (χ2v) is 12.4. The summed E-state index contributed by atoms with van der Waals surface area (Å²) in [5, 5.41) is 2.94. The van der Waals surface area contributed by atoms with Gasteiger partial charge in [0.15, 0.2) is 0 Å². The fourth-order valence-corrected chi connectivity index (χ4v) is 6.95. The molecule has 2 unspecified atom stereocenters. The second kappa shape index (κ2) is 14.0. The zero-order chi connectivity index (χ0) is 34.9. The largest absolute Gasteiger partial charge is 0.469 e. The Morgan fingerprint density at radius 3 is 2.25 bits per heavy atom. The second-order valence-electron chi connectivity index (χ2n) is 12.4. The number of ether oxygens (including phenoxy) is 2. The summed E-state index contributed by atoms with van der Waals surface area (Å²) in [6.45, 7) is 16.6. The molecule has 8 bridgehead atoms. The zero-order valence-corrected chi connectivity index (χ0v) is 29.1. The highest BCUT2D eigenvalue weighted by molar-refractivity contribution is 6.27. The highest BCUT2D eigenvalue weighted by Crippen LogP contribution is 2.44. The number of aromatic nitrogens is 4. The van der Waals surface area contributed by atoms with E-state index in [1.165, 1.54) is 14.2 Å². The number of esters is 2. The van der Waals surface area contributed by atoms with Gasteiger partial charge < -0.3 is 24.8 Å². The Bertz CT molecular complexity index is 2010. The molecule has 2 aliphatic heterocycles. The van der Waals surface area contributed by atoms with E-state index in [0.29, 0.717) is 46.8 Å². The summed E-state index contributed by atoms with van der Waals surface area (Å²) in [5.41, 5.74) is 11.9. The van der Waals surface area contributed by atoms with Crippen molar-refractivity contribution in [2.75, 3.05) is 20.8 Å². The number of nitrogens with one attached hydrogen (secondary N) is 3. The molecule has 2 aliphatic rings. The smallest absolute Gasteiger partial charge is 0.310 e. The van der Waals surface area contributed by atoms with Gasteiger partial charge in [0.1, 0.15) is 0 Å².